The first-order valence-electron chi connectivity index (χ1n) is 12.2. The molecule has 1 aromatic heterocycles. The lowest BCUT2D eigenvalue weighted by molar-refractivity contribution is 0.414. The fourth-order valence-corrected chi connectivity index (χ4v) is 4.84. The first-order chi connectivity index (χ1) is 19.1. The van der Waals surface area contributed by atoms with E-state index in [0.717, 1.165) is 16.7 Å². The molecule has 0 N–H and O–H groups in total. The standard InChI is InChI=1S/C31H25N3O5/c1-38-25-12-8-23(9-13-25)17-33-29(21-37)34(18-24-10-14-26(39-2)15-11-24)31-28(20-36)32(27(19-35)30(31)33)16-22-6-4-3-5-7-22/h3-15H,16-18H2,1-2H3. The topological polar surface area (TPSA) is 81.1 Å². The molecule has 4 aromatic rings. The maximum absolute atomic E-state index is 12.5. The molecule has 8 heteroatoms. The molecule has 5 rings (SSSR count). The highest BCUT2D eigenvalue weighted by molar-refractivity contribution is 5.91. The molecule has 194 valence electrons. The largest absolute Gasteiger partial charge is 0.497 e. The van der Waals surface area contributed by atoms with Crippen molar-refractivity contribution in [2.24, 2.45) is 0 Å². The highest BCUT2D eigenvalue weighted by Gasteiger charge is 2.38. The van der Waals surface area contributed by atoms with Gasteiger partial charge in [-0.05, 0) is 41.0 Å². The Morgan fingerprint density at radius 2 is 1.00 bits per heavy atom. The third-order valence-electron chi connectivity index (χ3n) is 6.73. The number of nitrogens with zero attached hydrogens (tertiary/aromatic N) is 3. The van der Waals surface area contributed by atoms with E-state index in [9.17, 15) is 14.4 Å². The van der Waals surface area contributed by atoms with Crippen LogP contribution in [0.15, 0.2) is 84.7 Å². The zero-order valence-corrected chi connectivity index (χ0v) is 21.5. The third-order valence-corrected chi connectivity index (χ3v) is 6.73. The van der Waals surface area contributed by atoms with E-state index in [2.05, 4.69) is 5.94 Å². The SMILES string of the molecule is COc1ccc(CN2C(=C=O)N(Cc3ccc(OC)cc3)c3c2c(=C=O)n(Cc2ccccc2)c3=C=O)cc1. The van der Waals surface area contributed by atoms with Gasteiger partial charge in [-0.3, -0.25) is 0 Å². The third kappa shape index (κ3) is 4.75. The van der Waals surface area contributed by atoms with Crippen molar-refractivity contribution in [3.05, 3.63) is 112 Å². The Morgan fingerprint density at radius 1 is 0.564 bits per heavy atom. The van der Waals surface area contributed by atoms with Gasteiger partial charge in [-0.15, -0.1) is 0 Å². The second-order valence-electron chi connectivity index (χ2n) is 8.96. The Balaban J connectivity index is 1.69. The van der Waals surface area contributed by atoms with Gasteiger partial charge < -0.3 is 23.8 Å². The molecule has 3 aromatic carbocycles. The molecule has 2 heterocycles. The van der Waals surface area contributed by atoms with Gasteiger partial charge in [0.15, 0.2) is 28.5 Å². The molecule has 0 saturated carbocycles. The zero-order valence-electron chi connectivity index (χ0n) is 21.5. The van der Waals surface area contributed by atoms with Crippen molar-refractivity contribution in [2.45, 2.75) is 19.6 Å². The van der Waals surface area contributed by atoms with Gasteiger partial charge >= 0.3 is 0 Å². The predicted octanol–water partition coefficient (Wildman–Crippen LogP) is 2.26. The molecule has 0 atom stereocenters. The van der Waals surface area contributed by atoms with E-state index in [1.807, 2.05) is 90.7 Å². The van der Waals surface area contributed by atoms with Crippen molar-refractivity contribution < 1.29 is 23.9 Å². The van der Waals surface area contributed by atoms with Crippen LogP contribution in [0.2, 0.25) is 0 Å². The molecule has 1 aliphatic rings. The summed E-state index contributed by atoms with van der Waals surface area (Å²) in [7, 11) is 3.18. The van der Waals surface area contributed by atoms with Crippen LogP contribution in [0, 0.1) is 0 Å². The van der Waals surface area contributed by atoms with Gasteiger partial charge in [0.05, 0.1) is 27.3 Å². The van der Waals surface area contributed by atoms with Crippen LogP contribution in [0.5, 0.6) is 11.5 Å². The highest BCUT2D eigenvalue weighted by atomic mass is 16.5. The van der Waals surface area contributed by atoms with Gasteiger partial charge in [0, 0.05) is 6.54 Å². The van der Waals surface area contributed by atoms with Crippen molar-refractivity contribution in [2.75, 3.05) is 24.0 Å². The summed E-state index contributed by atoms with van der Waals surface area (Å²) >= 11 is 0. The quantitative estimate of drug-likeness (QED) is 0.331. The smallest absolute Gasteiger partial charge is 0.201 e. The van der Waals surface area contributed by atoms with Crippen LogP contribution in [0.3, 0.4) is 0 Å². The predicted molar refractivity (Wildman–Crippen MR) is 146 cm³/mol. The van der Waals surface area contributed by atoms with Crippen LogP contribution in [0.4, 0.5) is 11.4 Å². The van der Waals surface area contributed by atoms with E-state index < -0.39 is 0 Å². The van der Waals surface area contributed by atoms with Crippen LogP contribution in [-0.2, 0) is 34.0 Å². The maximum atomic E-state index is 12.5. The van der Waals surface area contributed by atoms with Gasteiger partial charge in [0.25, 0.3) is 0 Å². The molecule has 0 aliphatic carbocycles. The minimum absolute atomic E-state index is 0.158. The lowest BCUT2D eigenvalue weighted by Crippen LogP contribution is -2.38. The van der Waals surface area contributed by atoms with Gasteiger partial charge in [-0.2, -0.15) is 0 Å². The minimum atomic E-state index is 0.158. The molecule has 0 unspecified atom stereocenters. The number of hydrogen-bond donors (Lipinski definition) is 0. The summed E-state index contributed by atoms with van der Waals surface area (Å²) in [6, 6.07) is 24.3. The molecule has 0 saturated heterocycles. The Hall–Kier alpha value is -5.25. The van der Waals surface area contributed by atoms with Gasteiger partial charge in [-0.1, -0.05) is 54.6 Å². The molecule has 0 bridgehead atoms. The van der Waals surface area contributed by atoms with Crippen molar-refractivity contribution >= 4 is 29.2 Å². The first-order valence-corrected chi connectivity index (χ1v) is 12.2. The Labute approximate surface area is 224 Å². The summed E-state index contributed by atoms with van der Waals surface area (Å²) < 4.78 is 12.1. The van der Waals surface area contributed by atoms with E-state index in [1.165, 1.54) is 0 Å². The number of methoxy groups -OCH3 is 2. The molecule has 1 aliphatic heterocycles. The average molecular weight is 520 g/mol. The van der Waals surface area contributed by atoms with Crippen LogP contribution in [-0.4, -0.2) is 36.6 Å². The number of carbonyl (C=O) groups excluding carboxylic acids is 3. The number of aromatic nitrogens is 1. The Kier molecular flexibility index (Phi) is 7.17. The summed E-state index contributed by atoms with van der Waals surface area (Å²) in [5.74, 6) is 7.70. The van der Waals surface area contributed by atoms with Crippen molar-refractivity contribution in [3.63, 3.8) is 0 Å². The lowest BCUT2D eigenvalue weighted by atomic mass is 10.2. The van der Waals surface area contributed by atoms with E-state index in [4.69, 9.17) is 9.47 Å². The van der Waals surface area contributed by atoms with Crippen LogP contribution < -0.4 is 30.0 Å². The fourth-order valence-electron chi connectivity index (χ4n) is 4.84. The Bertz CT molecular complexity index is 1610. The second-order valence-corrected chi connectivity index (χ2v) is 8.96. The van der Waals surface area contributed by atoms with Crippen LogP contribution in [0.1, 0.15) is 16.7 Å². The lowest BCUT2D eigenvalue weighted by Gasteiger charge is -2.24. The molecule has 8 nitrogen and oxygen atoms in total. The van der Waals surface area contributed by atoms with E-state index >= 15 is 0 Å². The van der Waals surface area contributed by atoms with Crippen molar-refractivity contribution in [1.82, 2.24) is 4.57 Å². The zero-order chi connectivity index (χ0) is 27.4. The molecule has 0 fully saturated rings. The number of benzene rings is 3. The molecule has 0 radical (unpaired) electrons. The summed E-state index contributed by atoms with van der Waals surface area (Å²) in [6.45, 7) is 0.766. The number of ether oxygens (including phenoxy) is 2. The summed E-state index contributed by atoms with van der Waals surface area (Å²) in [6.07, 6.45) is 0. The molecule has 39 heavy (non-hydrogen) atoms. The average Bonchev–Trinajstić information content (AvgIpc) is 3.44. The summed E-state index contributed by atoms with van der Waals surface area (Å²) in [4.78, 5) is 40.8. The molecular formula is C31H25N3O5. The highest BCUT2D eigenvalue weighted by Crippen LogP contribution is 2.38. The summed E-state index contributed by atoms with van der Waals surface area (Å²) in [5.41, 5.74) is 3.47. The maximum Gasteiger partial charge on any atom is 0.201 e. The number of anilines is 2. The van der Waals surface area contributed by atoms with E-state index in [0.29, 0.717) is 22.9 Å². The van der Waals surface area contributed by atoms with Gasteiger partial charge in [-0.25, -0.2) is 14.4 Å². The van der Waals surface area contributed by atoms with Gasteiger partial charge in [0.2, 0.25) is 5.82 Å². The van der Waals surface area contributed by atoms with Gasteiger partial charge in [0.1, 0.15) is 22.9 Å². The summed E-state index contributed by atoms with van der Waals surface area (Å²) in [5, 5.41) is 0.316. The number of fused-ring (bicyclic) bond motifs is 1. The fraction of sp³-hybridized carbons (Fsp3) is 0.161. The van der Waals surface area contributed by atoms with Crippen LogP contribution in [0.25, 0.3) is 0 Å². The van der Waals surface area contributed by atoms with E-state index in [-0.39, 0.29) is 36.2 Å². The first kappa shape index (κ1) is 25.4. The van der Waals surface area contributed by atoms with Crippen molar-refractivity contribution in [3.8, 4) is 11.5 Å². The normalized spacial score (nSPS) is 12.0. The van der Waals surface area contributed by atoms with Crippen LogP contribution >= 0.6 is 0 Å². The number of hydrogen-bond acceptors (Lipinski definition) is 7. The molecule has 0 spiro atoms. The molecular weight excluding hydrogens is 494 g/mol. The monoisotopic (exact) mass is 519 g/mol. The van der Waals surface area contributed by atoms with Crippen molar-refractivity contribution in [1.29, 1.82) is 0 Å². The second kappa shape index (κ2) is 11.0. The minimum Gasteiger partial charge on any atom is -0.497 e. The number of rotatable bonds is 8. The van der Waals surface area contributed by atoms with E-state index in [1.54, 1.807) is 28.6 Å². The Morgan fingerprint density at radius 3 is 1.38 bits per heavy atom. The molecule has 0 amide bonds.